The van der Waals surface area contributed by atoms with Crippen LogP contribution in [0.5, 0.6) is 11.5 Å². The van der Waals surface area contributed by atoms with Gasteiger partial charge in [-0.2, -0.15) is 6.07 Å². The molecule has 12 rings (SSSR count). The fourth-order valence-electron chi connectivity index (χ4n) is 12.3. The zero-order chi connectivity index (χ0) is 63.2. The summed E-state index contributed by atoms with van der Waals surface area (Å²) in [4.78, 5) is 9.88. The third-order valence-corrected chi connectivity index (χ3v) is 19.2. The maximum atomic E-state index is 7.18. The molecule has 11 aromatic rings. The van der Waals surface area contributed by atoms with Crippen LogP contribution >= 0.6 is 11.3 Å². The topological polar surface area (TPSA) is 33.5 Å². The second-order valence-corrected chi connectivity index (χ2v) is 33.1. The van der Waals surface area contributed by atoms with E-state index in [0.29, 0.717) is 11.5 Å². The summed E-state index contributed by atoms with van der Waals surface area (Å²) in [5.74, 6) is 2.07. The molecule has 5 nitrogen and oxygen atoms in total. The van der Waals surface area contributed by atoms with Crippen molar-refractivity contribution in [2.24, 2.45) is 0 Å². The third-order valence-electron chi connectivity index (χ3n) is 18.0. The fraction of sp³-hybridized carbons (Fsp3) is 0.341. The Balaban J connectivity index is 0.00000817. The Morgan fingerprint density at radius 3 is 1.45 bits per heavy atom. The van der Waals surface area contributed by atoms with E-state index < -0.39 is 0 Å². The summed E-state index contributed by atoms with van der Waals surface area (Å²) in [6.45, 7) is 51.1. The molecule has 0 atom stereocenters. The molecular formula is C82H89N4OPtS-3. The van der Waals surface area contributed by atoms with E-state index >= 15 is 0 Å². The first-order valence-electron chi connectivity index (χ1n) is 31.6. The molecule has 0 unspecified atom stereocenters. The van der Waals surface area contributed by atoms with E-state index in [4.69, 9.17) is 9.72 Å². The number of hydrogen-bond acceptors (Lipinski definition) is 5. The Labute approximate surface area is 549 Å². The molecule has 7 heteroatoms. The van der Waals surface area contributed by atoms with E-state index in [9.17, 15) is 0 Å². The van der Waals surface area contributed by atoms with Crippen molar-refractivity contribution in [2.45, 2.75) is 183 Å². The molecular weight excluding hydrogens is 1280 g/mol. The predicted molar refractivity (Wildman–Crippen MR) is 379 cm³/mol. The van der Waals surface area contributed by atoms with Crippen LogP contribution < -0.4 is 14.5 Å². The number of thiophene rings is 1. The van der Waals surface area contributed by atoms with Crippen LogP contribution in [0.2, 0.25) is 0 Å². The molecule has 0 radical (unpaired) electrons. The summed E-state index contributed by atoms with van der Waals surface area (Å²) < 4.78 is 12.0. The van der Waals surface area contributed by atoms with E-state index in [0.717, 1.165) is 50.6 Å². The Kier molecular flexibility index (Phi) is 15.8. The van der Waals surface area contributed by atoms with Crippen LogP contribution in [0.15, 0.2) is 152 Å². The quantitative estimate of drug-likeness (QED) is 0.149. The van der Waals surface area contributed by atoms with Gasteiger partial charge in [-0.3, -0.25) is 0 Å². The van der Waals surface area contributed by atoms with E-state index in [-0.39, 0.29) is 59.0 Å². The van der Waals surface area contributed by atoms with Gasteiger partial charge >= 0.3 is 0 Å². The Hall–Kier alpha value is -6.98. The van der Waals surface area contributed by atoms with Gasteiger partial charge in [-0.1, -0.05) is 224 Å². The zero-order valence-electron chi connectivity index (χ0n) is 56.4. The van der Waals surface area contributed by atoms with Crippen LogP contribution in [0.3, 0.4) is 0 Å². The Morgan fingerprint density at radius 1 is 0.427 bits per heavy atom. The van der Waals surface area contributed by atoms with Crippen molar-refractivity contribution in [1.82, 2.24) is 9.55 Å². The maximum absolute atomic E-state index is 7.18. The van der Waals surface area contributed by atoms with Gasteiger partial charge < -0.3 is 19.1 Å². The van der Waals surface area contributed by atoms with Crippen molar-refractivity contribution in [2.75, 3.05) is 9.80 Å². The van der Waals surface area contributed by atoms with Gasteiger partial charge in [-0.05, 0) is 136 Å². The van der Waals surface area contributed by atoms with Gasteiger partial charge in [0.25, 0.3) is 0 Å². The Morgan fingerprint density at radius 2 is 0.910 bits per heavy atom. The van der Waals surface area contributed by atoms with E-state index in [1.807, 2.05) is 17.5 Å². The molecule has 0 saturated heterocycles. The molecule has 462 valence electrons. The second kappa shape index (κ2) is 22.2. The summed E-state index contributed by atoms with van der Waals surface area (Å²) in [6, 6.07) is 62.8. The minimum atomic E-state index is -0.241. The van der Waals surface area contributed by atoms with Crippen molar-refractivity contribution < 1.29 is 25.8 Å². The molecule has 1 aliphatic heterocycles. The molecule has 0 N–H and O–H groups in total. The van der Waals surface area contributed by atoms with E-state index in [2.05, 4.69) is 324 Å². The number of benzene rings is 8. The summed E-state index contributed by atoms with van der Waals surface area (Å²) in [7, 11) is 0. The minimum Gasteiger partial charge on any atom is -0.509 e. The van der Waals surface area contributed by atoms with E-state index in [1.165, 1.54) is 81.2 Å². The molecule has 8 aromatic carbocycles. The molecule has 89 heavy (non-hydrogen) atoms. The first-order chi connectivity index (χ1) is 41.0. The average Bonchev–Trinajstić information content (AvgIpc) is 1.68. The number of nitrogens with zero attached hydrogens (tertiary/aromatic N) is 4. The largest absolute Gasteiger partial charge is 0.509 e. The fourth-order valence-corrected chi connectivity index (χ4v) is 13.6. The third kappa shape index (κ3) is 12.0. The van der Waals surface area contributed by atoms with Gasteiger partial charge in [0.05, 0.1) is 0 Å². The van der Waals surface area contributed by atoms with Crippen LogP contribution in [0, 0.1) is 18.8 Å². The number of para-hydroxylation sites is 2. The molecule has 0 fully saturated rings. The number of fused-ring (bicyclic) bond motifs is 8. The number of anilines is 4. The Bertz CT molecular complexity index is 4400. The standard InChI is InChI=1S/C82H89N4OS.Pt/c1-76(2,3)52-34-35-83-72(46-52)86-69-33-32-63-62-26-22-25-29-71(62)88-75(63)73(69)64-31-30-60(48-70(64)86)87-61-43-57(81(16,17)18)42-59(47-61)84-49-85(68-28-24-23-27-67(68)84)74-65(50-36-53(77(4,5)6)40-54(37-50)78(7,8)9)44-58(82(19,20)21)45-66(74)51-38-55(79(10,11)12)41-56(39-51)80(13,14)15;/h22-46,49H,1-21H3;/q-3;. The summed E-state index contributed by atoms with van der Waals surface area (Å²) >= 11 is 1.85. The number of ether oxygens (including phenoxy) is 1. The normalized spacial score (nSPS) is 13.7. The van der Waals surface area contributed by atoms with Gasteiger partial charge in [0, 0.05) is 92.6 Å². The molecule has 3 aromatic heterocycles. The summed E-state index contributed by atoms with van der Waals surface area (Å²) in [5.41, 5.74) is 19.0. The van der Waals surface area contributed by atoms with Crippen molar-refractivity contribution >= 4 is 76.1 Å². The van der Waals surface area contributed by atoms with Crippen LogP contribution in [-0.4, -0.2) is 9.55 Å². The molecule has 4 heterocycles. The van der Waals surface area contributed by atoms with Gasteiger partial charge in [0.15, 0.2) is 0 Å². The van der Waals surface area contributed by atoms with Gasteiger partial charge in [0.1, 0.15) is 5.82 Å². The number of pyridine rings is 1. The summed E-state index contributed by atoms with van der Waals surface area (Å²) in [6.07, 6.45) is 1.94. The number of rotatable bonds is 7. The molecule has 0 amide bonds. The second-order valence-electron chi connectivity index (χ2n) is 32.1. The zero-order valence-corrected chi connectivity index (χ0v) is 59.5. The number of aromatic nitrogens is 2. The van der Waals surface area contributed by atoms with Crippen molar-refractivity contribution in [3.63, 3.8) is 0 Å². The maximum Gasteiger partial charge on any atom is 0.135 e. The molecule has 0 bridgehead atoms. The first kappa shape index (κ1) is 63.6. The van der Waals surface area contributed by atoms with Crippen molar-refractivity contribution in [1.29, 1.82) is 0 Å². The molecule has 1 aliphatic rings. The SMILES string of the molecule is CC(C)(C)c1cc(Oc2[c-]c3c(cc2)c2c4sc5ccccc5c4ccc2n3-c2cc(C(C)(C)C)ccn2)[c-]c(N2[CH-]N(c3c(-c4cc(C(C)(C)C)cc(C(C)(C)C)c4)cc(C(C)(C)C)cc3-c3cc(C(C)(C)C)cc(C(C)(C)C)c3)c3ccccc32)c1.[Pt]. The van der Waals surface area contributed by atoms with Crippen LogP contribution in [0.4, 0.5) is 22.7 Å². The van der Waals surface area contributed by atoms with Gasteiger partial charge in [0.2, 0.25) is 0 Å². The number of hydrogen-bond donors (Lipinski definition) is 0. The van der Waals surface area contributed by atoms with Crippen LogP contribution in [-0.2, 0) is 59.0 Å². The molecule has 0 spiro atoms. The predicted octanol–water partition coefficient (Wildman–Crippen LogP) is 23.8. The van der Waals surface area contributed by atoms with E-state index in [1.54, 1.807) is 0 Å². The summed E-state index contributed by atoms with van der Waals surface area (Å²) in [5, 5.41) is 4.83. The van der Waals surface area contributed by atoms with Crippen LogP contribution in [0.1, 0.15) is 184 Å². The van der Waals surface area contributed by atoms with Crippen molar-refractivity contribution in [3.8, 4) is 39.6 Å². The van der Waals surface area contributed by atoms with Gasteiger partial charge in [-0.25, -0.2) is 4.98 Å². The van der Waals surface area contributed by atoms with Crippen molar-refractivity contribution in [3.05, 3.63) is 210 Å². The molecule has 0 aliphatic carbocycles. The first-order valence-corrected chi connectivity index (χ1v) is 32.4. The van der Waals surface area contributed by atoms with Crippen LogP contribution in [0.25, 0.3) is 70.0 Å². The average molecular weight is 1370 g/mol. The van der Waals surface area contributed by atoms with Gasteiger partial charge in [-0.15, -0.1) is 65.0 Å². The smallest absolute Gasteiger partial charge is 0.135 e. The monoisotopic (exact) mass is 1370 g/mol. The molecule has 0 saturated carbocycles. The minimum absolute atomic E-state index is 0.